The molecule has 0 aliphatic carbocycles. The molecular formula is C17H24ClN3O4. The van der Waals surface area contributed by atoms with Gasteiger partial charge in [0.05, 0.1) is 19.3 Å². The minimum atomic E-state index is -0.449. The molecule has 1 aromatic rings. The highest BCUT2D eigenvalue weighted by Gasteiger charge is 2.33. The van der Waals surface area contributed by atoms with Crippen LogP contribution in [-0.4, -0.2) is 78.7 Å². The van der Waals surface area contributed by atoms with Gasteiger partial charge in [-0.25, -0.2) is 0 Å². The first-order chi connectivity index (χ1) is 11.6. The number of hydrogen-bond acceptors (Lipinski definition) is 5. The number of halogens is 1. The highest BCUT2D eigenvalue weighted by atomic mass is 35.5. The first kappa shape index (κ1) is 19.5. The number of piperazine rings is 1. The maximum absolute atomic E-state index is 12.6. The number of benzene rings is 1. The van der Waals surface area contributed by atoms with Gasteiger partial charge in [-0.2, -0.15) is 0 Å². The topological polar surface area (TPSA) is 82.1 Å². The first-order valence-electron chi connectivity index (χ1n) is 8.22. The fourth-order valence-corrected chi connectivity index (χ4v) is 3.19. The second-order valence-corrected chi connectivity index (χ2v) is 6.20. The SMILES string of the molecule is COc1cccc(C(=O)N2CCN(C(=O)C3CC(O)CN3)CC2)c1.Cl. The summed E-state index contributed by atoms with van der Waals surface area (Å²) in [4.78, 5) is 28.5. The third-order valence-electron chi connectivity index (χ3n) is 4.60. The zero-order valence-corrected chi connectivity index (χ0v) is 15.0. The number of nitrogens with zero attached hydrogens (tertiary/aromatic N) is 2. The van der Waals surface area contributed by atoms with Gasteiger partial charge in [-0.3, -0.25) is 9.59 Å². The third-order valence-corrected chi connectivity index (χ3v) is 4.60. The van der Waals surface area contributed by atoms with E-state index in [-0.39, 0.29) is 30.3 Å². The predicted molar refractivity (Wildman–Crippen MR) is 95.1 cm³/mol. The maximum atomic E-state index is 12.6. The lowest BCUT2D eigenvalue weighted by molar-refractivity contribution is -0.134. The number of rotatable bonds is 3. The van der Waals surface area contributed by atoms with Crippen LogP contribution in [0, 0.1) is 0 Å². The molecule has 2 unspecified atom stereocenters. The van der Waals surface area contributed by atoms with E-state index >= 15 is 0 Å². The van der Waals surface area contributed by atoms with Crippen LogP contribution in [-0.2, 0) is 4.79 Å². The van der Waals surface area contributed by atoms with Gasteiger partial charge >= 0.3 is 0 Å². The summed E-state index contributed by atoms with van der Waals surface area (Å²) in [6.45, 7) is 2.52. The van der Waals surface area contributed by atoms with Crippen molar-refractivity contribution in [1.82, 2.24) is 15.1 Å². The Morgan fingerprint density at radius 2 is 1.88 bits per heavy atom. The van der Waals surface area contributed by atoms with Crippen molar-refractivity contribution >= 4 is 24.2 Å². The summed E-state index contributed by atoms with van der Waals surface area (Å²) in [6, 6.07) is 6.79. The van der Waals surface area contributed by atoms with E-state index in [0.717, 1.165) is 0 Å². The van der Waals surface area contributed by atoms with Gasteiger partial charge in [-0.15, -0.1) is 12.4 Å². The molecule has 2 aliphatic rings. The predicted octanol–water partition coefficient (Wildman–Crippen LogP) is 0.124. The molecule has 2 atom stereocenters. The van der Waals surface area contributed by atoms with Crippen molar-refractivity contribution in [3.63, 3.8) is 0 Å². The standard InChI is InChI=1S/C17H23N3O4.ClH/c1-24-14-4-2-3-12(9-14)16(22)19-5-7-20(8-6-19)17(23)15-10-13(21)11-18-15;/h2-4,9,13,15,18,21H,5-8,10-11H2,1H3;1H. The number of aliphatic hydroxyl groups is 1. The lowest BCUT2D eigenvalue weighted by atomic mass is 10.1. The van der Waals surface area contributed by atoms with Gasteiger partial charge in [0.2, 0.25) is 5.91 Å². The van der Waals surface area contributed by atoms with Crippen LogP contribution >= 0.6 is 12.4 Å². The number of amides is 2. The van der Waals surface area contributed by atoms with Crippen molar-refractivity contribution in [3.05, 3.63) is 29.8 Å². The number of ether oxygens (including phenoxy) is 1. The summed E-state index contributed by atoms with van der Waals surface area (Å²) in [5.41, 5.74) is 0.592. The Balaban J connectivity index is 0.00000225. The van der Waals surface area contributed by atoms with Crippen molar-refractivity contribution in [3.8, 4) is 5.75 Å². The van der Waals surface area contributed by atoms with E-state index in [1.54, 1.807) is 41.2 Å². The Kier molecular flexibility index (Phi) is 6.64. The van der Waals surface area contributed by atoms with Crippen molar-refractivity contribution < 1.29 is 19.4 Å². The van der Waals surface area contributed by atoms with E-state index in [2.05, 4.69) is 5.32 Å². The van der Waals surface area contributed by atoms with E-state index in [4.69, 9.17) is 4.74 Å². The number of carbonyl (C=O) groups is 2. The van der Waals surface area contributed by atoms with E-state index < -0.39 is 6.10 Å². The molecule has 25 heavy (non-hydrogen) atoms. The van der Waals surface area contributed by atoms with Gasteiger partial charge in [0.1, 0.15) is 5.75 Å². The monoisotopic (exact) mass is 369 g/mol. The van der Waals surface area contributed by atoms with E-state index in [1.807, 2.05) is 0 Å². The van der Waals surface area contributed by atoms with Crippen LogP contribution in [0.15, 0.2) is 24.3 Å². The molecule has 0 spiro atoms. The molecule has 7 nitrogen and oxygen atoms in total. The molecule has 2 fully saturated rings. The molecular weight excluding hydrogens is 346 g/mol. The van der Waals surface area contributed by atoms with Crippen LogP contribution in [0.1, 0.15) is 16.8 Å². The molecule has 3 rings (SSSR count). The Morgan fingerprint density at radius 1 is 1.20 bits per heavy atom. The molecule has 1 aromatic carbocycles. The van der Waals surface area contributed by atoms with Crippen molar-refractivity contribution in [2.75, 3.05) is 39.8 Å². The molecule has 138 valence electrons. The van der Waals surface area contributed by atoms with Gasteiger partial charge in [-0.05, 0) is 24.6 Å². The van der Waals surface area contributed by atoms with Crippen LogP contribution < -0.4 is 10.1 Å². The highest BCUT2D eigenvalue weighted by molar-refractivity contribution is 5.94. The smallest absolute Gasteiger partial charge is 0.254 e. The summed E-state index contributed by atoms with van der Waals surface area (Å²) < 4.78 is 5.16. The molecule has 0 aromatic heterocycles. The maximum Gasteiger partial charge on any atom is 0.254 e. The zero-order chi connectivity index (χ0) is 17.1. The average Bonchev–Trinajstić information content (AvgIpc) is 3.07. The van der Waals surface area contributed by atoms with Gasteiger partial charge < -0.3 is 25.0 Å². The Bertz CT molecular complexity index is 620. The number of nitrogens with one attached hydrogen (secondary N) is 1. The number of carbonyl (C=O) groups excluding carboxylic acids is 2. The summed E-state index contributed by atoms with van der Waals surface area (Å²) in [5.74, 6) is 0.621. The number of hydrogen-bond donors (Lipinski definition) is 2. The first-order valence-corrected chi connectivity index (χ1v) is 8.22. The third kappa shape index (κ3) is 4.42. The quantitative estimate of drug-likeness (QED) is 0.791. The largest absolute Gasteiger partial charge is 0.497 e. The fourth-order valence-electron chi connectivity index (χ4n) is 3.19. The van der Waals surface area contributed by atoms with Crippen LogP contribution in [0.4, 0.5) is 0 Å². The Hall–Kier alpha value is -1.83. The summed E-state index contributed by atoms with van der Waals surface area (Å²) >= 11 is 0. The Labute approximate surface area is 153 Å². The van der Waals surface area contributed by atoms with Crippen molar-refractivity contribution in [2.24, 2.45) is 0 Å². The fraction of sp³-hybridized carbons (Fsp3) is 0.529. The molecule has 0 radical (unpaired) electrons. The molecule has 8 heteroatoms. The van der Waals surface area contributed by atoms with Crippen LogP contribution in [0.25, 0.3) is 0 Å². The molecule has 2 N–H and O–H groups in total. The number of β-amino-alcohol motifs (C(OH)–C–C–N with tert-alkyl or cyclic N) is 1. The normalized spacial score (nSPS) is 23.1. The van der Waals surface area contributed by atoms with Gasteiger partial charge in [-0.1, -0.05) is 6.07 Å². The van der Waals surface area contributed by atoms with E-state index in [1.165, 1.54) is 0 Å². The molecule has 0 saturated carbocycles. The van der Waals surface area contributed by atoms with Crippen molar-refractivity contribution in [1.29, 1.82) is 0 Å². The lowest BCUT2D eigenvalue weighted by Crippen LogP contribution is -2.54. The summed E-state index contributed by atoms with van der Waals surface area (Å²) in [5, 5.41) is 12.6. The highest BCUT2D eigenvalue weighted by Crippen LogP contribution is 2.16. The average molecular weight is 370 g/mol. The number of methoxy groups -OCH3 is 1. The molecule has 2 aliphatic heterocycles. The van der Waals surface area contributed by atoms with Gasteiger partial charge in [0.15, 0.2) is 0 Å². The van der Waals surface area contributed by atoms with Crippen molar-refractivity contribution in [2.45, 2.75) is 18.6 Å². The van der Waals surface area contributed by atoms with Crippen LogP contribution in [0.5, 0.6) is 5.75 Å². The molecule has 2 saturated heterocycles. The van der Waals surface area contributed by atoms with Crippen LogP contribution in [0.3, 0.4) is 0 Å². The summed E-state index contributed by atoms with van der Waals surface area (Å²) in [7, 11) is 1.57. The van der Waals surface area contributed by atoms with E-state index in [0.29, 0.717) is 50.5 Å². The van der Waals surface area contributed by atoms with Gasteiger partial charge in [0, 0.05) is 38.3 Å². The second kappa shape index (κ2) is 8.51. The Morgan fingerprint density at radius 3 is 2.48 bits per heavy atom. The van der Waals surface area contributed by atoms with Gasteiger partial charge in [0.25, 0.3) is 5.91 Å². The summed E-state index contributed by atoms with van der Waals surface area (Å²) in [6.07, 6.45) is 0.0109. The molecule has 0 bridgehead atoms. The van der Waals surface area contributed by atoms with Crippen LogP contribution in [0.2, 0.25) is 0 Å². The minimum Gasteiger partial charge on any atom is -0.497 e. The second-order valence-electron chi connectivity index (χ2n) is 6.20. The number of aliphatic hydroxyl groups excluding tert-OH is 1. The molecule has 2 amide bonds. The minimum absolute atomic E-state index is 0. The van der Waals surface area contributed by atoms with E-state index in [9.17, 15) is 14.7 Å². The lowest BCUT2D eigenvalue weighted by Gasteiger charge is -2.36. The molecule has 2 heterocycles. The zero-order valence-electron chi connectivity index (χ0n) is 14.2.